The first-order valence-corrected chi connectivity index (χ1v) is 6.62. The zero-order valence-electron chi connectivity index (χ0n) is 11.7. The van der Waals surface area contributed by atoms with E-state index in [0.29, 0.717) is 25.7 Å². The van der Waals surface area contributed by atoms with E-state index >= 15 is 0 Å². The zero-order chi connectivity index (χ0) is 13.8. The van der Waals surface area contributed by atoms with Gasteiger partial charge in [0.2, 0.25) is 0 Å². The van der Waals surface area contributed by atoms with Crippen molar-refractivity contribution >= 4 is 5.69 Å². The lowest BCUT2D eigenvalue weighted by molar-refractivity contribution is 0.171. The largest absolute Gasteiger partial charge is 0.486 e. The van der Waals surface area contributed by atoms with Crippen LogP contribution in [0.15, 0.2) is 18.2 Å². The summed E-state index contributed by atoms with van der Waals surface area (Å²) in [7, 11) is 2.00. The summed E-state index contributed by atoms with van der Waals surface area (Å²) in [6.45, 7) is 6.06. The van der Waals surface area contributed by atoms with Gasteiger partial charge in [-0.15, -0.1) is 0 Å². The van der Waals surface area contributed by atoms with Crippen molar-refractivity contribution < 1.29 is 9.47 Å². The summed E-state index contributed by atoms with van der Waals surface area (Å²) in [5, 5.41) is 9.16. The van der Waals surface area contributed by atoms with Gasteiger partial charge in [0.05, 0.1) is 12.0 Å². The molecule has 1 aromatic rings. The zero-order valence-corrected chi connectivity index (χ0v) is 11.7. The van der Waals surface area contributed by atoms with Crippen molar-refractivity contribution in [2.45, 2.75) is 13.8 Å². The topological polar surface area (TPSA) is 45.5 Å². The van der Waals surface area contributed by atoms with Crippen molar-refractivity contribution in [1.29, 1.82) is 5.26 Å². The molecule has 0 saturated carbocycles. The van der Waals surface area contributed by atoms with Crippen LogP contribution in [-0.4, -0.2) is 26.8 Å². The molecule has 0 amide bonds. The predicted molar refractivity (Wildman–Crippen MR) is 74.6 cm³/mol. The van der Waals surface area contributed by atoms with E-state index in [9.17, 15) is 0 Å². The quantitative estimate of drug-likeness (QED) is 0.835. The lowest BCUT2D eigenvalue weighted by atomic mass is 9.97. The van der Waals surface area contributed by atoms with E-state index in [0.717, 1.165) is 17.2 Å². The van der Waals surface area contributed by atoms with E-state index in [-0.39, 0.29) is 5.92 Å². The van der Waals surface area contributed by atoms with E-state index < -0.39 is 0 Å². The minimum atomic E-state index is 0.0261. The minimum absolute atomic E-state index is 0.0261. The van der Waals surface area contributed by atoms with Crippen LogP contribution >= 0.6 is 0 Å². The van der Waals surface area contributed by atoms with Gasteiger partial charge in [0.1, 0.15) is 13.2 Å². The molecule has 0 spiro atoms. The molecule has 0 aliphatic carbocycles. The van der Waals surface area contributed by atoms with Crippen molar-refractivity contribution in [1.82, 2.24) is 0 Å². The number of nitrogens with zero attached hydrogens (tertiary/aromatic N) is 2. The van der Waals surface area contributed by atoms with Gasteiger partial charge in [-0.2, -0.15) is 5.26 Å². The molecule has 4 heteroatoms. The molecule has 0 bridgehead atoms. The summed E-state index contributed by atoms with van der Waals surface area (Å²) < 4.78 is 11.1. The normalized spacial score (nSPS) is 14.9. The molecule has 0 saturated heterocycles. The van der Waals surface area contributed by atoms with E-state index in [2.05, 4.69) is 24.8 Å². The summed E-state index contributed by atoms with van der Waals surface area (Å²) in [6, 6.07) is 8.27. The molecule has 0 fully saturated rings. The number of nitriles is 1. The van der Waals surface area contributed by atoms with Gasteiger partial charge in [0, 0.05) is 25.3 Å². The number of rotatable bonds is 4. The first kappa shape index (κ1) is 13.5. The van der Waals surface area contributed by atoms with Crippen molar-refractivity contribution in [3.63, 3.8) is 0 Å². The minimum Gasteiger partial charge on any atom is -0.486 e. The SMILES string of the molecule is CC(C)C(C#N)CN(C)c1ccc2c(c1)OCCO2. The number of benzene rings is 1. The molecule has 19 heavy (non-hydrogen) atoms. The molecule has 0 N–H and O–H groups in total. The van der Waals surface area contributed by atoms with Crippen LogP contribution in [0.2, 0.25) is 0 Å². The van der Waals surface area contributed by atoms with Gasteiger partial charge in [-0.3, -0.25) is 0 Å². The number of anilines is 1. The molecular formula is C15H20N2O2. The Morgan fingerprint density at radius 2 is 1.95 bits per heavy atom. The van der Waals surface area contributed by atoms with Crippen LogP contribution in [0.5, 0.6) is 11.5 Å². The van der Waals surface area contributed by atoms with Gasteiger partial charge >= 0.3 is 0 Å². The Kier molecular flexibility index (Phi) is 4.16. The standard InChI is InChI=1S/C15H20N2O2/c1-11(2)12(9-16)10-17(3)13-4-5-14-15(8-13)19-7-6-18-14/h4-5,8,11-12H,6-7,10H2,1-3H3. The first-order chi connectivity index (χ1) is 9.11. The Hall–Kier alpha value is -1.89. The van der Waals surface area contributed by atoms with Crippen LogP contribution in [0.1, 0.15) is 13.8 Å². The maximum absolute atomic E-state index is 9.16. The third kappa shape index (κ3) is 3.11. The van der Waals surface area contributed by atoms with Crippen LogP contribution in [-0.2, 0) is 0 Å². The van der Waals surface area contributed by atoms with Gasteiger partial charge in [0.15, 0.2) is 11.5 Å². The molecule has 102 valence electrons. The smallest absolute Gasteiger partial charge is 0.163 e. The molecule has 1 unspecified atom stereocenters. The van der Waals surface area contributed by atoms with Crippen molar-refractivity contribution in [2.75, 3.05) is 31.7 Å². The van der Waals surface area contributed by atoms with Crippen molar-refractivity contribution in [3.05, 3.63) is 18.2 Å². The van der Waals surface area contributed by atoms with Crippen LogP contribution < -0.4 is 14.4 Å². The monoisotopic (exact) mass is 260 g/mol. The van der Waals surface area contributed by atoms with Gasteiger partial charge in [-0.1, -0.05) is 13.8 Å². The third-order valence-electron chi connectivity index (χ3n) is 3.41. The molecule has 1 atom stereocenters. The van der Waals surface area contributed by atoms with E-state index in [1.54, 1.807) is 0 Å². The second-order valence-electron chi connectivity index (χ2n) is 5.19. The molecule has 1 heterocycles. The molecule has 1 aromatic carbocycles. The fourth-order valence-electron chi connectivity index (χ4n) is 2.07. The molecule has 4 nitrogen and oxygen atoms in total. The van der Waals surface area contributed by atoms with Gasteiger partial charge < -0.3 is 14.4 Å². The summed E-state index contributed by atoms with van der Waals surface area (Å²) in [5.41, 5.74) is 1.05. The Morgan fingerprint density at radius 3 is 2.58 bits per heavy atom. The Morgan fingerprint density at radius 1 is 1.26 bits per heavy atom. The Bertz CT molecular complexity index is 480. The van der Waals surface area contributed by atoms with E-state index in [1.165, 1.54) is 0 Å². The first-order valence-electron chi connectivity index (χ1n) is 6.62. The lowest BCUT2D eigenvalue weighted by Gasteiger charge is -2.26. The fraction of sp³-hybridized carbons (Fsp3) is 0.533. The molecule has 2 rings (SSSR count). The molecule has 0 radical (unpaired) electrons. The summed E-state index contributed by atoms with van der Waals surface area (Å²) in [6.07, 6.45) is 0. The third-order valence-corrected chi connectivity index (χ3v) is 3.41. The van der Waals surface area contributed by atoms with Crippen molar-refractivity contribution in [3.8, 4) is 17.6 Å². The second kappa shape index (κ2) is 5.83. The number of fused-ring (bicyclic) bond motifs is 1. The summed E-state index contributed by atoms with van der Waals surface area (Å²) in [5.74, 6) is 1.96. The van der Waals surface area contributed by atoms with Gasteiger partial charge in [-0.25, -0.2) is 0 Å². The van der Waals surface area contributed by atoms with Crippen LogP contribution in [0, 0.1) is 23.2 Å². The highest BCUT2D eigenvalue weighted by atomic mass is 16.6. The Labute approximate surface area is 114 Å². The molecule has 0 aromatic heterocycles. The number of ether oxygens (including phenoxy) is 2. The van der Waals surface area contributed by atoms with E-state index in [1.807, 2.05) is 25.2 Å². The maximum atomic E-state index is 9.16. The van der Waals surface area contributed by atoms with E-state index in [4.69, 9.17) is 14.7 Å². The van der Waals surface area contributed by atoms with Crippen LogP contribution in [0.25, 0.3) is 0 Å². The average molecular weight is 260 g/mol. The highest BCUT2D eigenvalue weighted by molar-refractivity contribution is 5.56. The average Bonchev–Trinajstić information content (AvgIpc) is 2.43. The van der Waals surface area contributed by atoms with Gasteiger partial charge in [-0.05, 0) is 18.1 Å². The number of hydrogen-bond acceptors (Lipinski definition) is 4. The summed E-state index contributed by atoms with van der Waals surface area (Å²) >= 11 is 0. The van der Waals surface area contributed by atoms with Crippen LogP contribution in [0.4, 0.5) is 5.69 Å². The highest BCUT2D eigenvalue weighted by Crippen LogP contribution is 2.34. The van der Waals surface area contributed by atoms with Crippen LogP contribution in [0.3, 0.4) is 0 Å². The molecular weight excluding hydrogens is 240 g/mol. The Balaban J connectivity index is 2.11. The fourth-order valence-corrected chi connectivity index (χ4v) is 2.07. The summed E-state index contributed by atoms with van der Waals surface area (Å²) in [4.78, 5) is 2.09. The van der Waals surface area contributed by atoms with Crippen molar-refractivity contribution in [2.24, 2.45) is 11.8 Å². The molecule has 1 aliphatic rings. The number of hydrogen-bond donors (Lipinski definition) is 0. The van der Waals surface area contributed by atoms with Gasteiger partial charge in [0.25, 0.3) is 0 Å². The lowest BCUT2D eigenvalue weighted by Crippen LogP contribution is -2.27. The predicted octanol–water partition coefficient (Wildman–Crippen LogP) is 2.69. The maximum Gasteiger partial charge on any atom is 0.163 e. The second-order valence-corrected chi connectivity index (χ2v) is 5.19. The molecule has 1 aliphatic heterocycles. The highest BCUT2D eigenvalue weighted by Gasteiger charge is 2.17.